The molecule has 1 atom stereocenters. The van der Waals surface area contributed by atoms with E-state index in [1.807, 2.05) is 0 Å². The van der Waals surface area contributed by atoms with Crippen molar-refractivity contribution >= 4 is 34.0 Å². The predicted octanol–water partition coefficient (Wildman–Crippen LogP) is 4.35. The summed E-state index contributed by atoms with van der Waals surface area (Å²) in [7, 11) is -4.18. The van der Waals surface area contributed by atoms with Gasteiger partial charge in [0.05, 0.1) is 16.1 Å². The summed E-state index contributed by atoms with van der Waals surface area (Å²) in [5, 5.41) is 5.45. The highest BCUT2D eigenvalue weighted by molar-refractivity contribution is 7.89. The van der Waals surface area contributed by atoms with Gasteiger partial charge in [0.25, 0.3) is 5.91 Å². The van der Waals surface area contributed by atoms with Crippen LogP contribution in [-0.4, -0.2) is 33.5 Å². The van der Waals surface area contributed by atoms with Crippen molar-refractivity contribution in [3.05, 3.63) is 59.2 Å². The number of amides is 1. The molecule has 3 rings (SSSR count). The average Bonchev–Trinajstić information content (AvgIpc) is 2.73. The Kier molecular flexibility index (Phi) is 8.92. The number of rotatable bonds is 6. The fraction of sp³-hybridized carbons (Fsp3) is 0.409. The Morgan fingerprint density at radius 2 is 1.76 bits per heavy atom. The van der Waals surface area contributed by atoms with E-state index in [9.17, 15) is 26.4 Å². The van der Waals surface area contributed by atoms with Gasteiger partial charge in [-0.15, -0.1) is 12.4 Å². The van der Waals surface area contributed by atoms with E-state index < -0.39 is 44.3 Å². The van der Waals surface area contributed by atoms with Crippen LogP contribution in [-0.2, 0) is 16.2 Å². The monoisotopic (exact) mass is 505 g/mol. The predicted molar refractivity (Wildman–Crippen MR) is 123 cm³/mol. The van der Waals surface area contributed by atoms with Crippen molar-refractivity contribution in [1.82, 2.24) is 10.0 Å². The van der Waals surface area contributed by atoms with E-state index in [2.05, 4.69) is 15.4 Å². The molecule has 1 heterocycles. The lowest BCUT2D eigenvalue weighted by atomic mass is 9.92. The molecule has 33 heavy (non-hydrogen) atoms. The number of piperidine rings is 1. The lowest BCUT2D eigenvalue weighted by molar-refractivity contribution is -0.137. The van der Waals surface area contributed by atoms with Crippen LogP contribution in [0, 0.1) is 12.8 Å². The number of carbonyl (C=O) groups excluding carboxylic acids is 1. The fourth-order valence-electron chi connectivity index (χ4n) is 3.80. The van der Waals surface area contributed by atoms with Crippen molar-refractivity contribution in [3.8, 4) is 0 Å². The highest BCUT2D eigenvalue weighted by Gasteiger charge is 2.36. The molecule has 1 aliphatic rings. The number of sulfonamides is 1. The molecule has 0 bridgehead atoms. The van der Waals surface area contributed by atoms with E-state index in [0.29, 0.717) is 11.6 Å². The summed E-state index contributed by atoms with van der Waals surface area (Å²) >= 11 is 0. The van der Waals surface area contributed by atoms with Gasteiger partial charge in [-0.1, -0.05) is 18.2 Å². The summed E-state index contributed by atoms with van der Waals surface area (Å²) in [4.78, 5) is 12.0. The third-order valence-electron chi connectivity index (χ3n) is 5.68. The molecule has 6 nitrogen and oxygen atoms in total. The van der Waals surface area contributed by atoms with Gasteiger partial charge in [-0.05, 0) is 75.5 Å². The van der Waals surface area contributed by atoms with E-state index in [0.717, 1.165) is 38.1 Å². The number of alkyl halides is 3. The molecule has 0 aliphatic carbocycles. The first-order valence-electron chi connectivity index (χ1n) is 10.3. The van der Waals surface area contributed by atoms with Crippen molar-refractivity contribution in [3.63, 3.8) is 0 Å². The largest absolute Gasteiger partial charge is 0.418 e. The zero-order valence-electron chi connectivity index (χ0n) is 18.2. The van der Waals surface area contributed by atoms with Crippen molar-refractivity contribution in [2.45, 2.75) is 43.8 Å². The minimum absolute atomic E-state index is 0. The minimum Gasteiger partial charge on any atom is -0.321 e. The van der Waals surface area contributed by atoms with E-state index in [1.165, 1.54) is 6.07 Å². The van der Waals surface area contributed by atoms with Gasteiger partial charge in [0.1, 0.15) is 0 Å². The summed E-state index contributed by atoms with van der Waals surface area (Å²) in [5.74, 6) is -0.609. The lowest BCUT2D eigenvalue weighted by Gasteiger charge is -2.28. The molecule has 1 amide bonds. The molecular weight excluding hydrogens is 479 g/mol. The molecule has 3 N–H and O–H groups in total. The molecule has 11 heteroatoms. The lowest BCUT2D eigenvalue weighted by Crippen LogP contribution is -2.42. The van der Waals surface area contributed by atoms with Crippen LogP contribution in [0.15, 0.2) is 47.4 Å². The number of anilines is 1. The molecule has 0 aromatic heterocycles. The third kappa shape index (κ3) is 6.69. The summed E-state index contributed by atoms with van der Waals surface area (Å²) in [6.07, 6.45) is -3.30. The summed E-state index contributed by atoms with van der Waals surface area (Å²) < 4.78 is 69.3. The molecule has 0 spiro atoms. The normalized spacial score (nSPS) is 16.0. The van der Waals surface area contributed by atoms with Crippen molar-refractivity contribution < 1.29 is 26.4 Å². The van der Waals surface area contributed by atoms with Crippen LogP contribution < -0.4 is 15.4 Å². The first-order valence-corrected chi connectivity index (χ1v) is 11.8. The Bertz CT molecular complexity index is 1090. The van der Waals surface area contributed by atoms with Gasteiger partial charge < -0.3 is 10.6 Å². The second-order valence-corrected chi connectivity index (χ2v) is 9.69. The van der Waals surface area contributed by atoms with Crippen LogP contribution in [0.2, 0.25) is 0 Å². The molecule has 2 aromatic carbocycles. The van der Waals surface area contributed by atoms with Crippen LogP contribution in [0.1, 0.15) is 41.3 Å². The van der Waals surface area contributed by atoms with Gasteiger partial charge in [-0.3, -0.25) is 4.79 Å². The first-order chi connectivity index (χ1) is 15.0. The van der Waals surface area contributed by atoms with Gasteiger partial charge in [0, 0.05) is 11.6 Å². The number of carbonyl (C=O) groups is 1. The van der Waals surface area contributed by atoms with Crippen molar-refractivity contribution in [1.29, 1.82) is 0 Å². The molecule has 1 aliphatic heterocycles. The number of benzene rings is 2. The number of aryl methyl sites for hydroxylation is 1. The Morgan fingerprint density at radius 1 is 1.12 bits per heavy atom. The first kappa shape index (κ1) is 27.1. The number of hydrogen-bond donors (Lipinski definition) is 3. The Morgan fingerprint density at radius 3 is 2.36 bits per heavy atom. The Labute approximate surface area is 197 Å². The molecule has 1 unspecified atom stereocenters. The van der Waals surface area contributed by atoms with Gasteiger partial charge >= 0.3 is 6.18 Å². The third-order valence-corrected chi connectivity index (χ3v) is 7.23. The maximum atomic E-state index is 13.7. The molecule has 0 radical (unpaired) electrons. The summed E-state index contributed by atoms with van der Waals surface area (Å²) in [6, 6.07) is 8.68. The summed E-state index contributed by atoms with van der Waals surface area (Å²) in [5.41, 5.74) is -0.892. The number of hydrogen-bond acceptors (Lipinski definition) is 4. The highest BCUT2D eigenvalue weighted by Crippen LogP contribution is 2.36. The molecule has 2 aromatic rings. The maximum absolute atomic E-state index is 13.7. The molecular formula is C22H27ClF3N3O3S. The van der Waals surface area contributed by atoms with Crippen LogP contribution >= 0.6 is 12.4 Å². The van der Waals surface area contributed by atoms with E-state index >= 15 is 0 Å². The maximum Gasteiger partial charge on any atom is 0.418 e. The highest BCUT2D eigenvalue weighted by atomic mass is 35.5. The van der Waals surface area contributed by atoms with E-state index in [1.54, 1.807) is 32.0 Å². The van der Waals surface area contributed by atoms with Crippen LogP contribution in [0.3, 0.4) is 0 Å². The van der Waals surface area contributed by atoms with E-state index in [4.69, 9.17) is 0 Å². The van der Waals surface area contributed by atoms with E-state index in [-0.39, 0.29) is 23.9 Å². The average molecular weight is 506 g/mol. The van der Waals surface area contributed by atoms with Gasteiger partial charge in [-0.25, -0.2) is 13.1 Å². The van der Waals surface area contributed by atoms with Crippen LogP contribution in [0.25, 0.3) is 0 Å². The summed E-state index contributed by atoms with van der Waals surface area (Å²) in [6.45, 7) is 4.92. The number of nitrogens with one attached hydrogen (secondary N) is 3. The minimum atomic E-state index is -4.86. The van der Waals surface area contributed by atoms with Gasteiger partial charge in [-0.2, -0.15) is 13.2 Å². The Hall–Kier alpha value is -2.14. The van der Waals surface area contributed by atoms with Crippen LogP contribution in [0.4, 0.5) is 18.9 Å². The Balaban J connectivity index is 0.00000385. The zero-order valence-corrected chi connectivity index (χ0v) is 19.8. The quantitative estimate of drug-likeness (QED) is 0.544. The SMILES string of the molecule is Cc1ccccc1C(=O)Nc1ccc(S(=O)(=O)NC(C)C2CCNCC2)cc1C(F)(F)F.Cl. The molecule has 1 fully saturated rings. The second kappa shape index (κ2) is 10.9. The van der Waals surface area contributed by atoms with Gasteiger partial charge in [0.2, 0.25) is 10.0 Å². The smallest absolute Gasteiger partial charge is 0.321 e. The standard InChI is InChI=1S/C22H26F3N3O3S.ClH/c1-14-5-3-4-6-18(14)21(29)27-20-8-7-17(13-19(20)22(23,24)25)32(30,31)28-15(2)16-9-11-26-12-10-16;/h3-8,13,15-16,26,28H,9-12H2,1-2H3,(H,27,29);1H. The molecule has 1 saturated heterocycles. The molecule has 182 valence electrons. The van der Waals surface area contributed by atoms with Gasteiger partial charge in [0.15, 0.2) is 0 Å². The molecule has 0 saturated carbocycles. The number of halogens is 4. The van der Waals surface area contributed by atoms with Crippen molar-refractivity contribution in [2.75, 3.05) is 18.4 Å². The van der Waals surface area contributed by atoms with Crippen LogP contribution in [0.5, 0.6) is 0 Å². The fourth-order valence-corrected chi connectivity index (χ4v) is 5.14. The topological polar surface area (TPSA) is 87.3 Å². The van der Waals surface area contributed by atoms with Crippen molar-refractivity contribution in [2.24, 2.45) is 5.92 Å². The zero-order chi connectivity index (χ0) is 23.5. The second-order valence-electron chi connectivity index (χ2n) is 7.97.